The van der Waals surface area contributed by atoms with Gasteiger partial charge < -0.3 is 0 Å². The zero-order valence-corrected chi connectivity index (χ0v) is 7.04. The van der Waals surface area contributed by atoms with E-state index in [9.17, 15) is 0 Å². The third-order valence-corrected chi connectivity index (χ3v) is 1.66. The van der Waals surface area contributed by atoms with E-state index in [4.69, 9.17) is 0 Å². The first-order chi connectivity index (χ1) is 6.45. The zero-order chi connectivity index (χ0) is 8.93. The van der Waals surface area contributed by atoms with Gasteiger partial charge in [0.1, 0.15) is 0 Å². The third-order valence-electron chi connectivity index (χ3n) is 1.66. The summed E-state index contributed by atoms with van der Waals surface area (Å²) in [7, 11) is 0. The van der Waals surface area contributed by atoms with Gasteiger partial charge in [0.25, 0.3) is 0 Å². The molecule has 0 atom stereocenters. The van der Waals surface area contributed by atoms with Crippen molar-refractivity contribution < 1.29 is 0 Å². The van der Waals surface area contributed by atoms with E-state index in [-0.39, 0.29) is 0 Å². The highest BCUT2D eigenvalue weighted by Gasteiger charge is 1.84. The fraction of sp³-hybridized carbons (Fsp3) is 0. The molecule has 64 valence electrons. The number of aromatic nitrogens is 3. The number of hydrogen-bond acceptors (Lipinski definition) is 2. The largest absolute Gasteiger partial charge is 0.228 e. The number of nitrogens with zero attached hydrogens (tertiary/aromatic N) is 3. The van der Waals surface area contributed by atoms with Crippen LogP contribution in [0.2, 0.25) is 0 Å². The molecule has 0 unspecified atom stereocenters. The fourth-order valence-electron chi connectivity index (χ4n) is 1.02. The van der Waals surface area contributed by atoms with Crippen LogP contribution in [0.1, 0.15) is 5.56 Å². The Hall–Kier alpha value is -1.90. The Morgan fingerprint density at radius 3 is 2.69 bits per heavy atom. The van der Waals surface area contributed by atoms with Crippen LogP contribution in [-0.4, -0.2) is 15.0 Å². The summed E-state index contributed by atoms with van der Waals surface area (Å²) < 4.78 is 1.66. The standard InChI is InChI=1S/C10H9N3/c1-2-4-10(5-3-1)6-8-13-9-7-11-12-13/h1-9H/b8-6-. The molecule has 0 bridgehead atoms. The Balaban J connectivity index is 2.15. The van der Waals surface area contributed by atoms with Gasteiger partial charge in [0.2, 0.25) is 0 Å². The third kappa shape index (κ3) is 2.02. The Morgan fingerprint density at radius 2 is 2.00 bits per heavy atom. The Labute approximate surface area is 76.3 Å². The summed E-state index contributed by atoms with van der Waals surface area (Å²) in [6.07, 6.45) is 7.28. The van der Waals surface area contributed by atoms with Crippen molar-refractivity contribution in [2.24, 2.45) is 0 Å². The van der Waals surface area contributed by atoms with Crippen LogP contribution in [0, 0.1) is 0 Å². The van der Waals surface area contributed by atoms with Crippen molar-refractivity contribution in [3.05, 3.63) is 48.3 Å². The quantitative estimate of drug-likeness (QED) is 0.691. The Bertz CT molecular complexity index is 376. The predicted molar refractivity (Wildman–Crippen MR) is 51.7 cm³/mol. The van der Waals surface area contributed by atoms with E-state index in [1.165, 1.54) is 0 Å². The monoisotopic (exact) mass is 171 g/mol. The second kappa shape index (κ2) is 3.67. The molecule has 0 saturated carbocycles. The van der Waals surface area contributed by atoms with Crippen LogP contribution >= 0.6 is 0 Å². The van der Waals surface area contributed by atoms with E-state index >= 15 is 0 Å². The average Bonchev–Trinajstić information content (AvgIpc) is 2.69. The Kier molecular flexibility index (Phi) is 2.18. The van der Waals surface area contributed by atoms with Crippen LogP contribution in [0.5, 0.6) is 0 Å². The summed E-state index contributed by atoms with van der Waals surface area (Å²) in [5.41, 5.74) is 1.15. The molecule has 2 aromatic rings. The van der Waals surface area contributed by atoms with E-state index in [2.05, 4.69) is 10.3 Å². The van der Waals surface area contributed by atoms with E-state index in [1.807, 2.05) is 42.6 Å². The van der Waals surface area contributed by atoms with Crippen LogP contribution in [0.3, 0.4) is 0 Å². The molecule has 2 rings (SSSR count). The fourth-order valence-corrected chi connectivity index (χ4v) is 1.02. The first-order valence-electron chi connectivity index (χ1n) is 4.04. The molecule has 3 heteroatoms. The minimum atomic E-state index is 1.15. The van der Waals surface area contributed by atoms with Gasteiger partial charge in [-0.25, -0.2) is 4.68 Å². The molecule has 0 spiro atoms. The lowest BCUT2D eigenvalue weighted by atomic mass is 10.2. The highest BCUT2D eigenvalue weighted by molar-refractivity contribution is 5.59. The van der Waals surface area contributed by atoms with Gasteiger partial charge in [-0.3, -0.25) is 0 Å². The molecule has 13 heavy (non-hydrogen) atoms. The average molecular weight is 171 g/mol. The predicted octanol–water partition coefficient (Wildman–Crippen LogP) is 1.91. The first kappa shape index (κ1) is 7.73. The van der Waals surface area contributed by atoms with Gasteiger partial charge in [0.15, 0.2) is 0 Å². The number of benzene rings is 1. The van der Waals surface area contributed by atoms with Gasteiger partial charge in [-0.15, -0.1) is 5.10 Å². The van der Waals surface area contributed by atoms with Crippen LogP contribution in [0.4, 0.5) is 0 Å². The first-order valence-corrected chi connectivity index (χ1v) is 4.04. The maximum atomic E-state index is 3.81. The van der Waals surface area contributed by atoms with Gasteiger partial charge in [-0.2, -0.15) is 0 Å². The van der Waals surface area contributed by atoms with Crippen molar-refractivity contribution in [1.82, 2.24) is 15.0 Å². The lowest BCUT2D eigenvalue weighted by molar-refractivity contribution is 0.842. The van der Waals surface area contributed by atoms with Gasteiger partial charge in [0.05, 0.1) is 12.4 Å². The molecular weight excluding hydrogens is 162 g/mol. The summed E-state index contributed by atoms with van der Waals surface area (Å²) in [6, 6.07) is 10.1. The molecule has 1 heterocycles. The van der Waals surface area contributed by atoms with Crippen LogP contribution in [0.15, 0.2) is 42.7 Å². The van der Waals surface area contributed by atoms with Crippen LogP contribution in [-0.2, 0) is 0 Å². The minimum absolute atomic E-state index is 1.15. The van der Waals surface area contributed by atoms with Crippen molar-refractivity contribution in [2.75, 3.05) is 0 Å². The highest BCUT2D eigenvalue weighted by Crippen LogP contribution is 2.01. The molecule has 0 aliphatic heterocycles. The second-order valence-corrected chi connectivity index (χ2v) is 2.61. The molecule has 3 nitrogen and oxygen atoms in total. The summed E-state index contributed by atoms with van der Waals surface area (Å²) >= 11 is 0. The normalized spacial score (nSPS) is 10.8. The molecule has 0 amide bonds. The van der Waals surface area contributed by atoms with E-state index in [0.717, 1.165) is 5.56 Å². The highest BCUT2D eigenvalue weighted by atomic mass is 15.4. The number of rotatable bonds is 2. The topological polar surface area (TPSA) is 30.7 Å². The molecule has 1 aromatic carbocycles. The van der Waals surface area contributed by atoms with E-state index in [0.29, 0.717) is 0 Å². The summed E-state index contributed by atoms with van der Waals surface area (Å²) in [5, 5.41) is 7.51. The smallest absolute Gasteiger partial charge is 0.0697 e. The van der Waals surface area contributed by atoms with E-state index in [1.54, 1.807) is 17.1 Å². The van der Waals surface area contributed by atoms with Gasteiger partial charge in [0, 0.05) is 6.20 Å². The Morgan fingerprint density at radius 1 is 1.15 bits per heavy atom. The maximum Gasteiger partial charge on any atom is 0.0697 e. The minimum Gasteiger partial charge on any atom is -0.228 e. The van der Waals surface area contributed by atoms with Crippen LogP contribution in [0.25, 0.3) is 12.3 Å². The van der Waals surface area contributed by atoms with E-state index < -0.39 is 0 Å². The molecule has 0 aliphatic carbocycles. The molecule has 1 aromatic heterocycles. The molecular formula is C10H9N3. The summed E-state index contributed by atoms with van der Waals surface area (Å²) in [6.45, 7) is 0. The lowest BCUT2D eigenvalue weighted by Crippen LogP contribution is -1.85. The second-order valence-electron chi connectivity index (χ2n) is 2.61. The van der Waals surface area contributed by atoms with Crippen LogP contribution < -0.4 is 0 Å². The molecule has 0 N–H and O–H groups in total. The van der Waals surface area contributed by atoms with Gasteiger partial charge >= 0.3 is 0 Å². The maximum absolute atomic E-state index is 3.81. The van der Waals surface area contributed by atoms with Crippen molar-refractivity contribution in [1.29, 1.82) is 0 Å². The lowest BCUT2D eigenvalue weighted by Gasteiger charge is -1.90. The van der Waals surface area contributed by atoms with Crippen molar-refractivity contribution in [3.8, 4) is 0 Å². The van der Waals surface area contributed by atoms with Crippen molar-refractivity contribution in [3.63, 3.8) is 0 Å². The molecule has 0 aliphatic rings. The summed E-state index contributed by atoms with van der Waals surface area (Å²) in [4.78, 5) is 0. The molecule has 0 saturated heterocycles. The summed E-state index contributed by atoms with van der Waals surface area (Å²) in [5.74, 6) is 0. The SMILES string of the molecule is C(=C/n1ccnn1)/c1ccccc1. The molecule has 0 radical (unpaired) electrons. The zero-order valence-electron chi connectivity index (χ0n) is 7.04. The molecule has 0 fully saturated rings. The van der Waals surface area contributed by atoms with Gasteiger partial charge in [-0.05, 0) is 11.6 Å². The van der Waals surface area contributed by atoms with Crippen molar-refractivity contribution in [2.45, 2.75) is 0 Å². The van der Waals surface area contributed by atoms with Gasteiger partial charge in [-0.1, -0.05) is 35.5 Å². The van der Waals surface area contributed by atoms with Crippen molar-refractivity contribution >= 4 is 12.3 Å². The number of hydrogen-bond donors (Lipinski definition) is 0.